The summed E-state index contributed by atoms with van der Waals surface area (Å²) in [6, 6.07) is 10.1. The van der Waals surface area contributed by atoms with Crippen LogP contribution in [0.3, 0.4) is 0 Å². The van der Waals surface area contributed by atoms with Crippen molar-refractivity contribution in [3.8, 4) is 0 Å². The summed E-state index contributed by atoms with van der Waals surface area (Å²) >= 11 is 0. The lowest BCUT2D eigenvalue weighted by atomic mass is 9.73. The van der Waals surface area contributed by atoms with Crippen molar-refractivity contribution in [2.45, 2.75) is 31.6 Å². The fraction of sp³-hybridized carbons (Fsp3) is 0.600. The Morgan fingerprint density at radius 1 is 1.12 bits per heavy atom. The summed E-state index contributed by atoms with van der Waals surface area (Å²) in [6.07, 6.45) is 2.58. The molecule has 1 aliphatic carbocycles. The van der Waals surface area contributed by atoms with Gasteiger partial charge in [-0.05, 0) is 24.8 Å². The van der Waals surface area contributed by atoms with E-state index in [2.05, 4.69) is 0 Å². The third-order valence-electron chi connectivity index (χ3n) is 6.67. The predicted molar refractivity (Wildman–Crippen MR) is 93.8 cm³/mol. The molecule has 1 N–H and O–H groups in total. The first-order valence-corrected chi connectivity index (χ1v) is 9.22. The predicted octanol–water partition coefficient (Wildman–Crippen LogP) is 1.41. The number of nitrogens with zero attached hydrogens (tertiary/aromatic N) is 2. The molecular formula is C20H26N2O3. The van der Waals surface area contributed by atoms with Crippen molar-refractivity contribution < 1.29 is 14.7 Å². The molecule has 1 saturated carbocycles. The van der Waals surface area contributed by atoms with E-state index in [0.29, 0.717) is 26.2 Å². The molecule has 2 amide bonds. The smallest absolute Gasteiger partial charge is 0.233 e. The van der Waals surface area contributed by atoms with E-state index in [1.165, 1.54) is 0 Å². The van der Waals surface area contributed by atoms with E-state index in [0.717, 1.165) is 24.8 Å². The van der Waals surface area contributed by atoms with Crippen LogP contribution in [0.2, 0.25) is 0 Å². The average Bonchev–Trinajstić information content (AvgIpc) is 3.36. The summed E-state index contributed by atoms with van der Waals surface area (Å²) in [5, 5.41) is 10.1. The highest BCUT2D eigenvalue weighted by molar-refractivity contribution is 5.91. The molecule has 134 valence electrons. The molecule has 0 spiro atoms. The van der Waals surface area contributed by atoms with Crippen LogP contribution in [0, 0.1) is 11.3 Å². The number of aliphatic hydroxyl groups is 1. The topological polar surface area (TPSA) is 60.9 Å². The third-order valence-corrected chi connectivity index (χ3v) is 6.67. The zero-order chi connectivity index (χ0) is 17.7. The summed E-state index contributed by atoms with van der Waals surface area (Å²) < 4.78 is 0. The number of aliphatic hydroxyl groups excluding tert-OH is 1. The van der Waals surface area contributed by atoms with Gasteiger partial charge in [-0.25, -0.2) is 0 Å². The van der Waals surface area contributed by atoms with Crippen LogP contribution >= 0.6 is 0 Å². The van der Waals surface area contributed by atoms with Crippen LogP contribution in [0.15, 0.2) is 30.3 Å². The zero-order valence-corrected chi connectivity index (χ0v) is 14.8. The number of fused-ring (bicyclic) bond motifs is 1. The Kier molecular flexibility index (Phi) is 3.87. The molecule has 2 aliphatic heterocycles. The van der Waals surface area contributed by atoms with Crippen LogP contribution in [0.5, 0.6) is 0 Å². The second kappa shape index (κ2) is 5.84. The van der Waals surface area contributed by atoms with E-state index in [9.17, 15) is 14.7 Å². The molecule has 3 aliphatic rings. The number of amides is 2. The largest absolute Gasteiger partial charge is 0.396 e. The lowest BCUT2D eigenvalue weighted by Gasteiger charge is -2.41. The summed E-state index contributed by atoms with van der Waals surface area (Å²) in [7, 11) is 0. The fourth-order valence-electron chi connectivity index (χ4n) is 4.79. The third kappa shape index (κ3) is 2.56. The Morgan fingerprint density at radius 3 is 2.40 bits per heavy atom. The maximum atomic E-state index is 13.3. The minimum Gasteiger partial charge on any atom is -0.396 e. The lowest BCUT2D eigenvalue weighted by Crippen LogP contribution is -2.50. The van der Waals surface area contributed by atoms with E-state index in [1.807, 2.05) is 40.1 Å². The number of likely N-dealkylation sites (tertiary alicyclic amines) is 2. The average molecular weight is 342 g/mol. The normalized spacial score (nSPS) is 30.1. The molecule has 0 aromatic heterocycles. The Hall–Kier alpha value is -1.88. The van der Waals surface area contributed by atoms with Gasteiger partial charge in [0, 0.05) is 44.4 Å². The number of hydrogen-bond acceptors (Lipinski definition) is 3. The van der Waals surface area contributed by atoms with Crippen molar-refractivity contribution in [2.75, 3.05) is 32.8 Å². The van der Waals surface area contributed by atoms with E-state index >= 15 is 0 Å². The Labute approximate surface area is 148 Å². The van der Waals surface area contributed by atoms with Crippen LogP contribution in [0.1, 0.15) is 31.7 Å². The molecule has 1 aromatic rings. The van der Waals surface area contributed by atoms with Crippen molar-refractivity contribution in [1.29, 1.82) is 0 Å². The Balaban J connectivity index is 1.55. The molecule has 0 unspecified atom stereocenters. The Bertz CT molecular complexity index is 685. The van der Waals surface area contributed by atoms with Gasteiger partial charge in [-0.3, -0.25) is 9.59 Å². The molecule has 0 bridgehead atoms. The Morgan fingerprint density at radius 2 is 1.80 bits per heavy atom. The monoisotopic (exact) mass is 342 g/mol. The summed E-state index contributed by atoms with van der Waals surface area (Å²) in [4.78, 5) is 28.9. The first kappa shape index (κ1) is 16.6. The number of carbonyl (C=O) groups is 2. The minimum absolute atomic E-state index is 0.0827. The molecule has 5 heteroatoms. The molecule has 2 saturated heterocycles. The zero-order valence-electron chi connectivity index (χ0n) is 14.8. The highest BCUT2D eigenvalue weighted by atomic mass is 16.3. The van der Waals surface area contributed by atoms with Gasteiger partial charge >= 0.3 is 0 Å². The fourth-order valence-corrected chi connectivity index (χ4v) is 4.79. The molecular weight excluding hydrogens is 316 g/mol. The van der Waals surface area contributed by atoms with Gasteiger partial charge in [0.2, 0.25) is 11.8 Å². The minimum atomic E-state index is -0.355. The molecule has 2 atom stereocenters. The summed E-state index contributed by atoms with van der Waals surface area (Å²) in [5.74, 6) is 0.459. The van der Waals surface area contributed by atoms with E-state index < -0.39 is 0 Å². The van der Waals surface area contributed by atoms with Crippen molar-refractivity contribution in [2.24, 2.45) is 11.3 Å². The first-order valence-electron chi connectivity index (χ1n) is 9.22. The van der Waals surface area contributed by atoms with Crippen LogP contribution in [-0.4, -0.2) is 59.5 Å². The quantitative estimate of drug-likeness (QED) is 0.903. The molecule has 4 rings (SSSR count). The summed E-state index contributed by atoms with van der Waals surface area (Å²) in [5.41, 5.74) is 0.512. The molecule has 0 radical (unpaired) electrons. The molecule has 2 heterocycles. The van der Waals surface area contributed by atoms with Crippen molar-refractivity contribution in [1.82, 2.24) is 9.80 Å². The van der Waals surface area contributed by atoms with Crippen molar-refractivity contribution in [3.63, 3.8) is 0 Å². The molecule has 3 fully saturated rings. The van der Waals surface area contributed by atoms with Crippen molar-refractivity contribution in [3.05, 3.63) is 35.9 Å². The highest BCUT2D eigenvalue weighted by Crippen LogP contribution is 2.52. The van der Waals surface area contributed by atoms with Crippen LogP contribution < -0.4 is 0 Å². The molecule has 1 aromatic carbocycles. The van der Waals surface area contributed by atoms with Gasteiger partial charge in [0.05, 0.1) is 12.0 Å². The SMILES string of the molecule is CC(=O)N1CC[C@@]2(CO)CN(C(=O)C3(c4ccccc4)CC3)C[C@H]2C1. The van der Waals surface area contributed by atoms with E-state index in [1.54, 1.807) is 6.92 Å². The van der Waals surface area contributed by atoms with Gasteiger partial charge in [0.25, 0.3) is 0 Å². The van der Waals surface area contributed by atoms with Crippen LogP contribution in [0.25, 0.3) is 0 Å². The van der Waals surface area contributed by atoms with Crippen molar-refractivity contribution >= 4 is 11.8 Å². The van der Waals surface area contributed by atoms with Gasteiger partial charge in [-0.1, -0.05) is 30.3 Å². The molecule has 5 nitrogen and oxygen atoms in total. The standard InChI is InChI=1S/C20H26N2O3/c1-15(24)21-10-9-19(14-23)13-22(12-17(19)11-21)18(25)20(7-8-20)16-5-3-2-4-6-16/h2-6,17,23H,7-14H2,1H3/t17-,19+/m1/s1. The first-order chi connectivity index (χ1) is 12.0. The van der Waals surface area contributed by atoms with Crippen LogP contribution in [-0.2, 0) is 15.0 Å². The summed E-state index contributed by atoms with van der Waals surface area (Å²) in [6.45, 7) is 4.28. The van der Waals surface area contributed by atoms with Gasteiger partial charge in [0.15, 0.2) is 0 Å². The number of carbonyl (C=O) groups excluding carboxylic acids is 2. The number of piperidine rings is 1. The van der Waals surface area contributed by atoms with Gasteiger partial charge < -0.3 is 14.9 Å². The van der Waals surface area contributed by atoms with Gasteiger partial charge in [-0.15, -0.1) is 0 Å². The van der Waals surface area contributed by atoms with E-state index in [-0.39, 0.29) is 35.2 Å². The van der Waals surface area contributed by atoms with Gasteiger partial charge in [0.1, 0.15) is 0 Å². The molecule has 25 heavy (non-hydrogen) atoms. The second-order valence-corrected chi connectivity index (χ2v) is 8.07. The second-order valence-electron chi connectivity index (χ2n) is 8.07. The van der Waals surface area contributed by atoms with Crippen LogP contribution in [0.4, 0.5) is 0 Å². The maximum Gasteiger partial charge on any atom is 0.233 e. The lowest BCUT2D eigenvalue weighted by molar-refractivity contribution is -0.134. The number of hydrogen-bond donors (Lipinski definition) is 1. The maximum absolute atomic E-state index is 13.3. The van der Waals surface area contributed by atoms with E-state index in [4.69, 9.17) is 0 Å². The van der Waals surface area contributed by atoms with Gasteiger partial charge in [-0.2, -0.15) is 0 Å². The number of benzene rings is 1. The highest BCUT2D eigenvalue weighted by Gasteiger charge is 2.57. The number of rotatable bonds is 3.